The molecule has 0 atom stereocenters. The zero-order valence-corrected chi connectivity index (χ0v) is 12.1. The predicted molar refractivity (Wildman–Crippen MR) is 57.7 cm³/mol. The van der Waals surface area contributed by atoms with E-state index in [2.05, 4.69) is 32.1 Å². The molecule has 0 heterocycles. The molecule has 0 spiro atoms. The van der Waals surface area contributed by atoms with E-state index in [-0.39, 0.29) is 25.8 Å². The molecule has 0 saturated heterocycles. The molecule has 1 aromatic rings. The van der Waals surface area contributed by atoms with E-state index in [0.29, 0.717) is 0 Å². The molecule has 0 bridgehead atoms. The summed E-state index contributed by atoms with van der Waals surface area (Å²) in [7, 11) is 0. The second-order valence-electron chi connectivity index (χ2n) is 1.75. The summed E-state index contributed by atoms with van der Waals surface area (Å²) in [5, 5.41) is 11.1. The molecule has 86 valence electrons. The summed E-state index contributed by atoms with van der Waals surface area (Å²) in [6, 6.07) is 10.0. The van der Waals surface area contributed by atoms with Crippen molar-refractivity contribution in [2.75, 3.05) is 0 Å². The van der Waals surface area contributed by atoms with Crippen LogP contribution < -0.4 is 11.7 Å². The van der Waals surface area contributed by atoms with E-state index in [9.17, 15) is 0 Å². The average molecular weight is 388 g/mol. The van der Waals surface area contributed by atoms with Gasteiger partial charge >= 0.3 is 0 Å². The van der Waals surface area contributed by atoms with Gasteiger partial charge in [-0.1, -0.05) is 0 Å². The molecule has 0 unspecified atom stereocenters. The molecule has 0 fully saturated rings. The Labute approximate surface area is 112 Å². The van der Waals surface area contributed by atoms with Crippen LogP contribution in [0.2, 0.25) is 0 Å². The first-order valence-corrected chi connectivity index (χ1v) is 3.66. The zero-order valence-electron chi connectivity index (χ0n) is 8.49. The molecule has 1 aromatic carbocycles. The Hall–Kier alpha value is -1.64. The van der Waals surface area contributed by atoms with Crippen LogP contribution in [0, 0.1) is 11.1 Å². The summed E-state index contributed by atoms with van der Waals surface area (Å²) in [5.74, 6) is 8.99. The molecule has 0 saturated carbocycles. The molecule has 0 aliphatic rings. The number of nitrogens with one attached hydrogen (secondary N) is 2. The summed E-state index contributed by atoms with van der Waals surface area (Å²) >= 11 is 0. The van der Waals surface area contributed by atoms with Gasteiger partial charge in [-0.3, -0.25) is 0 Å². The van der Waals surface area contributed by atoms with E-state index >= 15 is 0 Å². The second kappa shape index (κ2) is 23.3. The molecular formula is C7H13HfN8-. The number of hydrogen-bond acceptors (Lipinski definition) is 6. The maximum atomic E-state index is 6.00. The average Bonchev–Trinajstić information content (AvgIpc) is 2.79. The molecule has 16 heavy (non-hydrogen) atoms. The molecular weight excluding hydrogens is 375 g/mol. The Bertz CT molecular complexity index is 235. The maximum absolute atomic E-state index is 6.00. The fraction of sp³-hybridized carbons (Fsp3) is 0. The third-order valence-corrected chi connectivity index (χ3v) is 0.804. The summed E-state index contributed by atoms with van der Waals surface area (Å²) in [4.78, 5) is 0. The summed E-state index contributed by atoms with van der Waals surface area (Å²) in [6.07, 6.45) is 1.89. The van der Waals surface area contributed by atoms with Gasteiger partial charge in [0.15, 0.2) is 12.7 Å². The molecule has 0 aromatic heterocycles. The van der Waals surface area contributed by atoms with Crippen LogP contribution in [0.5, 0.6) is 0 Å². The van der Waals surface area contributed by atoms with Crippen LogP contribution in [0.1, 0.15) is 0 Å². The van der Waals surface area contributed by atoms with Gasteiger partial charge in [-0.15, -0.1) is 10.2 Å². The van der Waals surface area contributed by atoms with Crippen molar-refractivity contribution in [3.05, 3.63) is 30.3 Å². The van der Waals surface area contributed by atoms with Gasteiger partial charge in [-0.05, 0) is 0 Å². The quantitative estimate of drug-likeness (QED) is 0.115. The van der Waals surface area contributed by atoms with Gasteiger partial charge in [-0.25, -0.2) is 23.2 Å². The molecule has 9 heteroatoms. The topological polar surface area (TPSA) is 149 Å². The Morgan fingerprint density at radius 1 is 0.938 bits per heavy atom. The molecule has 8 nitrogen and oxygen atoms in total. The Morgan fingerprint density at radius 2 is 1.31 bits per heavy atom. The van der Waals surface area contributed by atoms with E-state index in [1.807, 2.05) is 30.3 Å². The fourth-order valence-electron chi connectivity index (χ4n) is 0.387. The van der Waals surface area contributed by atoms with E-state index in [1.165, 1.54) is 0 Å². The van der Waals surface area contributed by atoms with Crippen molar-refractivity contribution < 1.29 is 25.8 Å². The first-order chi connectivity index (χ1) is 7.33. The van der Waals surface area contributed by atoms with Crippen molar-refractivity contribution in [2.45, 2.75) is 0 Å². The van der Waals surface area contributed by atoms with Crippen molar-refractivity contribution in [3.63, 3.8) is 0 Å². The van der Waals surface area contributed by atoms with Crippen LogP contribution in [-0.2, 0) is 25.8 Å². The van der Waals surface area contributed by atoms with Gasteiger partial charge in [0.05, 0.1) is 0 Å². The normalized spacial score (nSPS) is 8.00. The Morgan fingerprint density at radius 3 is 1.38 bits per heavy atom. The minimum absolute atomic E-state index is 0. The van der Waals surface area contributed by atoms with Gasteiger partial charge in [0.2, 0.25) is 0 Å². The SMILES string of the molecule is N=NC=NN.N=NC=NN.[Hf].c1cc[cH-]c1. The van der Waals surface area contributed by atoms with Crippen LogP contribution in [0.3, 0.4) is 0 Å². The van der Waals surface area contributed by atoms with Crippen LogP contribution in [0.4, 0.5) is 0 Å². The van der Waals surface area contributed by atoms with E-state index < -0.39 is 0 Å². The van der Waals surface area contributed by atoms with Crippen LogP contribution >= 0.6 is 0 Å². The predicted octanol–water partition coefficient (Wildman–Crippen LogP) is 1.24. The second-order valence-corrected chi connectivity index (χ2v) is 1.75. The Balaban J connectivity index is -0.000000154. The summed E-state index contributed by atoms with van der Waals surface area (Å²) < 4.78 is 0. The van der Waals surface area contributed by atoms with Crippen LogP contribution in [-0.4, -0.2) is 12.7 Å². The third kappa shape index (κ3) is 29.4. The number of hydrogen-bond donors (Lipinski definition) is 4. The van der Waals surface area contributed by atoms with E-state index in [4.69, 9.17) is 11.1 Å². The monoisotopic (exact) mass is 389 g/mol. The first-order valence-electron chi connectivity index (χ1n) is 3.66. The number of rotatable bonds is 2. The van der Waals surface area contributed by atoms with E-state index in [1.54, 1.807) is 0 Å². The summed E-state index contributed by atoms with van der Waals surface area (Å²) in [6.45, 7) is 0. The molecule has 0 aliphatic heterocycles. The molecule has 1 rings (SSSR count). The minimum Gasteiger partial charge on any atom is -0.322 e. The van der Waals surface area contributed by atoms with Gasteiger partial charge in [0, 0.05) is 25.8 Å². The van der Waals surface area contributed by atoms with Gasteiger partial charge in [0.1, 0.15) is 0 Å². The molecule has 0 amide bonds. The van der Waals surface area contributed by atoms with Crippen LogP contribution in [0.25, 0.3) is 0 Å². The van der Waals surface area contributed by atoms with Crippen molar-refractivity contribution in [2.24, 2.45) is 32.1 Å². The molecule has 0 radical (unpaired) electrons. The third-order valence-electron chi connectivity index (χ3n) is 0.804. The smallest absolute Gasteiger partial charge is 0.156 e. The van der Waals surface area contributed by atoms with Crippen molar-refractivity contribution in [3.8, 4) is 0 Å². The zero-order chi connectivity index (χ0) is 11.8. The molecule has 0 aliphatic carbocycles. The van der Waals surface area contributed by atoms with Crippen molar-refractivity contribution in [1.82, 2.24) is 0 Å². The largest absolute Gasteiger partial charge is 0.322 e. The van der Waals surface area contributed by atoms with Crippen molar-refractivity contribution >= 4 is 12.7 Å². The minimum atomic E-state index is 0. The van der Waals surface area contributed by atoms with Crippen molar-refractivity contribution in [1.29, 1.82) is 11.1 Å². The van der Waals surface area contributed by atoms with Gasteiger partial charge < -0.3 is 11.7 Å². The Kier molecular flexibility index (Phi) is 28.9. The van der Waals surface area contributed by atoms with Gasteiger partial charge in [0.25, 0.3) is 0 Å². The first kappa shape index (κ1) is 19.9. The maximum Gasteiger partial charge on any atom is 0.156 e. The number of nitrogens with zero attached hydrogens (tertiary/aromatic N) is 4. The number of hydrazone groups is 2. The summed E-state index contributed by atoms with van der Waals surface area (Å²) in [5.41, 5.74) is 12.0. The van der Waals surface area contributed by atoms with Gasteiger partial charge in [-0.2, -0.15) is 28.4 Å². The fourth-order valence-corrected chi connectivity index (χ4v) is 0.387. The number of nitrogens with two attached hydrogens (primary N) is 2. The van der Waals surface area contributed by atoms with Crippen LogP contribution in [0.15, 0.2) is 50.8 Å². The standard InChI is InChI=1S/C5H5.2CH4N4.Hf/c1-2-4-5-3-1;2*2-4-1-5-3;/h1-5H;2*1-2H,3H2;/q-1;;;. The van der Waals surface area contributed by atoms with E-state index in [0.717, 1.165) is 12.7 Å². The molecule has 6 N–H and O–H groups in total.